The van der Waals surface area contributed by atoms with Gasteiger partial charge in [0.05, 0.1) is 23.5 Å². The Morgan fingerprint density at radius 2 is 1.04 bits per heavy atom. The van der Waals surface area contributed by atoms with Crippen molar-refractivity contribution < 1.29 is 18.7 Å². The first-order valence-corrected chi connectivity index (χ1v) is 15.7. The number of benzene rings is 3. The van der Waals surface area contributed by atoms with Crippen molar-refractivity contribution in [3.8, 4) is 0 Å². The SMILES string of the molecule is CC[n+]1cccc2cc(/C=N/NC(=O)c3ccc4ccc5ccc(C(=O)N/N=C/c6ccc7c(ccc[n+]7CC)c6)nc5c4n3)ccc21. The number of fused-ring (bicyclic) bond motifs is 5. The maximum atomic E-state index is 13.0. The average molecular weight is 633 g/mol. The quantitative estimate of drug-likeness (QED) is 0.103. The van der Waals surface area contributed by atoms with Crippen molar-refractivity contribution in [2.24, 2.45) is 10.2 Å². The van der Waals surface area contributed by atoms with Crippen LogP contribution < -0.4 is 20.0 Å². The first-order chi connectivity index (χ1) is 23.5. The summed E-state index contributed by atoms with van der Waals surface area (Å²) in [5, 5.41) is 12.1. The first kappa shape index (κ1) is 30.2. The van der Waals surface area contributed by atoms with Gasteiger partial charge in [0.25, 0.3) is 11.8 Å². The van der Waals surface area contributed by atoms with E-state index in [-0.39, 0.29) is 11.4 Å². The molecule has 234 valence electrons. The molecule has 0 saturated carbocycles. The summed E-state index contributed by atoms with van der Waals surface area (Å²) in [4.78, 5) is 35.3. The number of hydrogen-bond acceptors (Lipinski definition) is 6. The maximum Gasteiger partial charge on any atom is 0.289 e. The van der Waals surface area contributed by atoms with Crippen LogP contribution in [0.3, 0.4) is 0 Å². The number of carbonyl (C=O) groups excluding carboxylic acids is 2. The molecule has 0 aliphatic heterocycles. The van der Waals surface area contributed by atoms with Crippen LogP contribution in [0, 0.1) is 0 Å². The molecule has 0 saturated heterocycles. The molecule has 3 aromatic carbocycles. The van der Waals surface area contributed by atoms with Crippen LogP contribution in [0.15, 0.2) is 120 Å². The van der Waals surface area contributed by atoms with Gasteiger partial charge < -0.3 is 0 Å². The van der Waals surface area contributed by atoms with Crippen molar-refractivity contribution in [2.45, 2.75) is 26.9 Å². The molecule has 0 unspecified atom stereocenters. The minimum Gasteiger partial charge on any atom is -0.266 e. The van der Waals surface area contributed by atoms with Crippen molar-refractivity contribution in [1.29, 1.82) is 0 Å². The second kappa shape index (κ2) is 13.1. The number of hydrazone groups is 2. The zero-order valence-electron chi connectivity index (χ0n) is 26.5. The van der Waals surface area contributed by atoms with Gasteiger partial charge in [0.1, 0.15) is 24.5 Å². The number of pyridine rings is 4. The molecule has 0 bridgehead atoms. The van der Waals surface area contributed by atoms with Crippen LogP contribution in [0.4, 0.5) is 0 Å². The lowest BCUT2D eigenvalue weighted by atomic mass is 10.1. The van der Waals surface area contributed by atoms with Gasteiger partial charge in [0, 0.05) is 45.8 Å². The Balaban J connectivity index is 1.08. The first-order valence-electron chi connectivity index (χ1n) is 15.7. The topological polar surface area (TPSA) is 116 Å². The van der Waals surface area contributed by atoms with Crippen LogP contribution in [0.25, 0.3) is 43.6 Å². The van der Waals surface area contributed by atoms with Crippen LogP contribution in [-0.4, -0.2) is 34.2 Å². The molecule has 0 radical (unpaired) electrons. The van der Waals surface area contributed by atoms with E-state index in [0.717, 1.165) is 56.8 Å². The van der Waals surface area contributed by atoms with Crippen molar-refractivity contribution in [1.82, 2.24) is 20.8 Å². The van der Waals surface area contributed by atoms with E-state index < -0.39 is 11.8 Å². The van der Waals surface area contributed by atoms with Crippen LogP contribution in [0.2, 0.25) is 0 Å². The lowest BCUT2D eigenvalue weighted by Gasteiger charge is -2.07. The third-order valence-electron chi connectivity index (χ3n) is 8.23. The summed E-state index contributed by atoms with van der Waals surface area (Å²) in [5.74, 6) is -0.924. The number of nitrogens with zero attached hydrogens (tertiary/aromatic N) is 6. The molecular weight excluding hydrogens is 600 g/mol. The number of aryl methyl sites for hydroxylation is 2. The number of hydrogen-bond donors (Lipinski definition) is 2. The van der Waals surface area contributed by atoms with E-state index in [1.165, 1.54) is 0 Å². The molecule has 2 N–H and O–H groups in total. The highest BCUT2D eigenvalue weighted by atomic mass is 16.2. The number of aromatic nitrogens is 4. The Morgan fingerprint density at radius 1 is 0.604 bits per heavy atom. The van der Waals surface area contributed by atoms with Gasteiger partial charge in [-0.1, -0.05) is 24.3 Å². The minimum absolute atomic E-state index is 0.177. The highest BCUT2D eigenvalue weighted by Gasteiger charge is 2.14. The molecular formula is C38H32N8O2+2. The molecule has 48 heavy (non-hydrogen) atoms. The standard InChI is InChI=1S/C38H30N8O2/c1-3-45-19-5-7-29-21-25(9-17-33(29)45)23-39-43-37(47)31-15-13-27-11-12-28-14-16-32(42-36(28)35(27)41-31)38(48)44-40-24-26-10-18-34-30(22-26)8-6-20-46(34)4-2/h5-24H,3-4H2,1-2H3/p+2/b39-23+,40-24+. The van der Waals surface area contributed by atoms with Crippen molar-refractivity contribution in [2.75, 3.05) is 0 Å². The summed E-state index contributed by atoms with van der Waals surface area (Å²) in [6, 6.07) is 30.8. The predicted molar refractivity (Wildman–Crippen MR) is 187 cm³/mol. The summed E-state index contributed by atoms with van der Waals surface area (Å²) < 4.78 is 4.33. The smallest absolute Gasteiger partial charge is 0.266 e. The largest absolute Gasteiger partial charge is 0.289 e. The normalized spacial score (nSPS) is 11.7. The van der Waals surface area contributed by atoms with Crippen LogP contribution in [0.1, 0.15) is 46.0 Å². The highest BCUT2D eigenvalue weighted by molar-refractivity contribution is 6.06. The van der Waals surface area contributed by atoms with Gasteiger partial charge in [-0.25, -0.2) is 20.8 Å². The predicted octanol–water partition coefficient (Wildman–Crippen LogP) is 5.23. The second-order valence-corrected chi connectivity index (χ2v) is 11.2. The number of rotatable bonds is 8. The Hall–Kier alpha value is -6.42. The van der Waals surface area contributed by atoms with E-state index in [1.807, 2.05) is 85.2 Å². The summed E-state index contributed by atoms with van der Waals surface area (Å²) in [6.07, 6.45) is 7.30. The van der Waals surface area contributed by atoms with E-state index in [9.17, 15) is 9.59 Å². The van der Waals surface area contributed by atoms with Gasteiger partial charge in [0.2, 0.25) is 11.0 Å². The third kappa shape index (κ3) is 6.06. The molecule has 0 atom stereocenters. The fraction of sp³-hybridized carbons (Fsp3) is 0.105. The molecule has 10 heteroatoms. The molecule has 0 fully saturated rings. The molecule has 0 aliphatic carbocycles. The summed E-state index contributed by atoms with van der Waals surface area (Å²) in [7, 11) is 0. The Labute approximate surface area is 276 Å². The number of carbonyl (C=O) groups is 2. The van der Waals surface area contributed by atoms with Gasteiger partial charge in [-0.3, -0.25) is 9.59 Å². The van der Waals surface area contributed by atoms with Crippen molar-refractivity contribution in [3.63, 3.8) is 0 Å². The van der Waals surface area contributed by atoms with E-state index in [4.69, 9.17) is 0 Å². The fourth-order valence-corrected chi connectivity index (χ4v) is 5.78. The van der Waals surface area contributed by atoms with Crippen molar-refractivity contribution in [3.05, 3.63) is 132 Å². The van der Waals surface area contributed by atoms with Gasteiger partial charge in [0.15, 0.2) is 12.4 Å². The average Bonchev–Trinajstić information content (AvgIpc) is 3.13. The number of amides is 2. The molecule has 0 aliphatic rings. The highest BCUT2D eigenvalue weighted by Crippen LogP contribution is 2.23. The molecule has 4 aromatic heterocycles. The van der Waals surface area contributed by atoms with Gasteiger partial charge in [-0.2, -0.15) is 19.3 Å². The monoisotopic (exact) mass is 632 g/mol. The third-order valence-corrected chi connectivity index (χ3v) is 8.23. The van der Waals surface area contributed by atoms with Gasteiger partial charge in [-0.05, 0) is 73.5 Å². The minimum atomic E-state index is -0.462. The van der Waals surface area contributed by atoms with Gasteiger partial charge in [-0.15, -0.1) is 0 Å². The molecule has 10 nitrogen and oxygen atoms in total. The maximum absolute atomic E-state index is 13.0. The lowest BCUT2D eigenvalue weighted by molar-refractivity contribution is -0.668. The molecule has 2 amide bonds. The van der Waals surface area contributed by atoms with E-state index in [0.29, 0.717) is 11.0 Å². The Morgan fingerprint density at radius 3 is 1.48 bits per heavy atom. The van der Waals surface area contributed by atoms with E-state index >= 15 is 0 Å². The van der Waals surface area contributed by atoms with Crippen LogP contribution in [0.5, 0.6) is 0 Å². The number of nitrogens with one attached hydrogen (secondary N) is 2. The van der Waals surface area contributed by atoms with E-state index in [1.54, 1.807) is 36.7 Å². The summed E-state index contributed by atoms with van der Waals surface area (Å²) >= 11 is 0. The van der Waals surface area contributed by atoms with Crippen LogP contribution in [-0.2, 0) is 13.1 Å². The zero-order chi connectivity index (χ0) is 33.0. The zero-order valence-corrected chi connectivity index (χ0v) is 26.5. The van der Waals surface area contributed by atoms with Gasteiger partial charge >= 0.3 is 0 Å². The lowest BCUT2D eigenvalue weighted by Crippen LogP contribution is -2.32. The Kier molecular flexibility index (Phi) is 8.27. The molecule has 0 spiro atoms. The summed E-state index contributed by atoms with van der Waals surface area (Å²) in [6.45, 7) is 5.95. The summed E-state index contributed by atoms with van der Waals surface area (Å²) in [5.41, 5.74) is 10.5. The Bertz CT molecular complexity index is 2270. The van der Waals surface area contributed by atoms with E-state index in [2.05, 4.69) is 54.0 Å². The van der Waals surface area contributed by atoms with Crippen molar-refractivity contribution >= 4 is 67.9 Å². The molecule has 4 heterocycles. The molecule has 7 rings (SSSR count). The van der Waals surface area contributed by atoms with Crippen LogP contribution >= 0.6 is 0 Å². The fourth-order valence-electron chi connectivity index (χ4n) is 5.78. The second-order valence-electron chi connectivity index (χ2n) is 11.2. The molecule has 7 aromatic rings.